The maximum absolute atomic E-state index is 4.43. The first-order valence-electron chi connectivity index (χ1n) is 6.03. The van der Waals surface area contributed by atoms with E-state index in [2.05, 4.69) is 50.4 Å². The van der Waals surface area contributed by atoms with Gasteiger partial charge in [-0.3, -0.25) is 0 Å². The first kappa shape index (κ1) is 12.6. The Morgan fingerprint density at radius 1 is 1.47 bits per heavy atom. The number of halogens is 1. The Labute approximate surface area is 111 Å². The van der Waals surface area contributed by atoms with Crippen LogP contribution in [0, 0.1) is 11.3 Å². The minimum atomic E-state index is 0.497. The minimum absolute atomic E-state index is 0.497. The van der Waals surface area contributed by atoms with Crippen molar-refractivity contribution in [2.24, 2.45) is 11.3 Å². The number of nitrogens with one attached hydrogen (secondary N) is 2. The smallest absolute Gasteiger partial charge is 0.224 e. The molecule has 1 aliphatic carbocycles. The van der Waals surface area contributed by atoms with E-state index < -0.39 is 0 Å². The molecule has 1 atom stereocenters. The van der Waals surface area contributed by atoms with E-state index in [-0.39, 0.29) is 0 Å². The Morgan fingerprint density at radius 2 is 2.18 bits per heavy atom. The molecule has 1 fully saturated rings. The molecule has 4 nitrogen and oxygen atoms in total. The van der Waals surface area contributed by atoms with Crippen LogP contribution in [0.3, 0.4) is 0 Å². The molecule has 17 heavy (non-hydrogen) atoms. The van der Waals surface area contributed by atoms with Crippen molar-refractivity contribution in [2.45, 2.75) is 27.2 Å². The van der Waals surface area contributed by atoms with Gasteiger partial charge in [0.2, 0.25) is 5.95 Å². The highest BCUT2D eigenvalue weighted by Gasteiger charge is 2.45. The molecule has 1 aliphatic rings. The van der Waals surface area contributed by atoms with Crippen LogP contribution in [-0.4, -0.2) is 23.1 Å². The number of aromatic nitrogens is 2. The second kappa shape index (κ2) is 4.80. The van der Waals surface area contributed by atoms with Crippen LogP contribution >= 0.6 is 15.9 Å². The van der Waals surface area contributed by atoms with E-state index in [1.807, 2.05) is 6.92 Å². The molecule has 0 bridgehead atoms. The summed E-state index contributed by atoms with van der Waals surface area (Å²) in [6.45, 7) is 8.45. The fourth-order valence-corrected chi connectivity index (χ4v) is 2.21. The summed E-state index contributed by atoms with van der Waals surface area (Å²) in [5.74, 6) is 2.30. The highest BCUT2D eigenvalue weighted by atomic mass is 79.9. The van der Waals surface area contributed by atoms with Gasteiger partial charge in [0.1, 0.15) is 5.82 Å². The predicted molar refractivity (Wildman–Crippen MR) is 74.3 cm³/mol. The molecule has 1 aromatic heterocycles. The fraction of sp³-hybridized carbons (Fsp3) is 0.667. The summed E-state index contributed by atoms with van der Waals surface area (Å²) in [6.07, 6.45) is 3.08. The van der Waals surface area contributed by atoms with E-state index in [1.165, 1.54) is 6.42 Å². The fourth-order valence-electron chi connectivity index (χ4n) is 1.88. The maximum Gasteiger partial charge on any atom is 0.224 e. The van der Waals surface area contributed by atoms with Gasteiger partial charge in [0.25, 0.3) is 0 Å². The molecule has 94 valence electrons. The summed E-state index contributed by atoms with van der Waals surface area (Å²) in [4.78, 5) is 8.62. The molecule has 5 heteroatoms. The molecule has 1 unspecified atom stereocenters. The van der Waals surface area contributed by atoms with Crippen molar-refractivity contribution in [1.82, 2.24) is 9.97 Å². The Balaban J connectivity index is 1.97. The van der Waals surface area contributed by atoms with Crippen molar-refractivity contribution in [2.75, 3.05) is 23.7 Å². The summed E-state index contributed by atoms with van der Waals surface area (Å²) >= 11 is 3.47. The second-order valence-electron chi connectivity index (χ2n) is 5.19. The molecule has 2 N–H and O–H groups in total. The molecule has 1 aromatic rings. The minimum Gasteiger partial charge on any atom is -0.369 e. The summed E-state index contributed by atoms with van der Waals surface area (Å²) in [7, 11) is 0. The largest absolute Gasteiger partial charge is 0.369 e. The number of nitrogens with zero attached hydrogens (tertiary/aromatic N) is 2. The zero-order chi connectivity index (χ0) is 12.5. The van der Waals surface area contributed by atoms with Gasteiger partial charge in [-0.15, -0.1) is 0 Å². The summed E-state index contributed by atoms with van der Waals surface area (Å²) in [5.41, 5.74) is 0.497. The third-order valence-corrected chi connectivity index (χ3v) is 3.89. The number of hydrogen-bond acceptors (Lipinski definition) is 4. The van der Waals surface area contributed by atoms with Gasteiger partial charge in [-0.2, -0.15) is 4.98 Å². The molecule has 0 aromatic carbocycles. The lowest BCUT2D eigenvalue weighted by Crippen LogP contribution is -2.11. The van der Waals surface area contributed by atoms with E-state index in [4.69, 9.17) is 0 Å². The van der Waals surface area contributed by atoms with Gasteiger partial charge in [-0.1, -0.05) is 13.8 Å². The normalized spacial score (nSPS) is 21.1. The van der Waals surface area contributed by atoms with E-state index in [1.54, 1.807) is 6.20 Å². The van der Waals surface area contributed by atoms with Crippen molar-refractivity contribution in [3.05, 3.63) is 10.7 Å². The molecular formula is C12H19BrN4. The first-order valence-corrected chi connectivity index (χ1v) is 6.82. The van der Waals surface area contributed by atoms with Crippen molar-refractivity contribution >= 4 is 27.7 Å². The predicted octanol–water partition coefficient (Wildman–Crippen LogP) is 3.13. The third kappa shape index (κ3) is 3.09. The van der Waals surface area contributed by atoms with Crippen LogP contribution in [0.1, 0.15) is 27.2 Å². The van der Waals surface area contributed by atoms with E-state index in [0.717, 1.165) is 29.3 Å². The Kier molecular flexibility index (Phi) is 3.56. The summed E-state index contributed by atoms with van der Waals surface area (Å²) in [6, 6.07) is 0. The highest BCUT2D eigenvalue weighted by molar-refractivity contribution is 9.10. The average molecular weight is 299 g/mol. The highest BCUT2D eigenvalue weighted by Crippen LogP contribution is 2.51. The molecule has 0 spiro atoms. The lowest BCUT2D eigenvalue weighted by atomic mass is 10.1. The first-order chi connectivity index (χ1) is 8.03. The van der Waals surface area contributed by atoms with Gasteiger partial charge in [0.15, 0.2) is 0 Å². The van der Waals surface area contributed by atoms with Crippen LogP contribution < -0.4 is 10.6 Å². The van der Waals surface area contributed by atoms with Crippen LogP contribution in [0.15, 0.2) is 10.7 Å². The molecule has 2 rings (SSSR count). The van der Waals surface area contributed by atoms with Crippen molar-refractivity contribution in [3.8, 4) is 0 Å². The maximum atomic E-state index is 4.43. The Morgan fingerprint density at radius 3 is 2.76 bits per heavy atom. The lowest BCUT2D eigenvalue weighted by molar-refractivity contribution is 0.573. The van der Waals surface area contributed by atoms with Gasteiger partial charge in [-0.05, 0) is 40.6 Å². The monoisotopic (exact) mass is 298 g/mol. The van der Waals surface area contributed by atoms with Crippen LogP contribution in [-0.2, 0) is 0 Å². The Bertz CT molecular complexity index is 405. The molecule has 1 heterocycles. The standard InChI is InChI=1S/C12H19BrN4/c1-4-14-11-16-7-9(13)10(17-11)15-6-8-5-12(8,2)3/h7-8H,4-6H2,1-3H3,(H2,14,15,16,17). The van der Waals surface area contributed by atoms with Crippen molar-refractivity contribution < 1.29 is 0 Å². The van der Waals surface area contributed by atoms with E-state index in [9.17, 15) is 0 Å². The van der Waals surface area contributed by atoms with Gasteiger partial charge in [0.05, 0.1) is 4.47 Å². The van der Waals surface area contributed by atoms with Crippen LogP contribution in [0.4, 0.5) is 11.8 Å². The van der Waals surface area contributed by atoms with Crippen molar-refractivity contribution in [1.29, 1.82) is 0 Å². The molecule has 0 amide bonds. The molecule has 0 radical (unpaired) electrons. The number of rotatable bonds is 5. The topological polar surface area (TPSA) is 49.8 Å². The van der Waals surface area contributed by atoms with Crippen molar-refractivity contribution in [3.63, 3.8) is 0 Å². The van der Waals surface area contributed by atoms with E-state index in [0.29, 0.717) is 11.4 Å². The van der Waals surface area contributed by atoms with Crippen LogP contribution in [0.2, 0.25) is 0 Å². The van der Waals surface area contributed by atoms with Gasteiger partial charge >= 0.3 is 0 Å². The number of hydrogen-bond donors (Lipinski definition) is 2. The van der Waals surface area contributed by atoms with Gasteiger partial charge in [-0.25, -0.2) is 4.98 Å². The quantitative estimate of drug-likeness (QED) is 0.877. The third-order valence-electron chi connectivity index (χ3n) is 3.31. The molecular weight excluding hydrogens is 280 g/mol. The van der Waals surface area contributed by atoms with Gasteiger partial charge < -0.3 is 10.6 Å². The summed E-state index contributed by atoms with van der Waals surface area (Å²) in [5, 5.41) is 6.50. The van der Waals surface area contributed by atoms with Crippen LogP contribution in [0.5, 0.6) is 0 Å². The van der Waals surface area contributed by atoms with Gasteiger partial charge in [0, 0.05) is 19.3 Å². The van der Waals surface area contributed by atoms with E-state index >= 15 is 0 Å². The summed E-state index contributed by atoms with van der Waals surface area (Å²) < 4.78 is 0.914. The number of anilines is 2. The SMILES string of the molecule is CCNc1ncc(Br)c(NCC2CC2(C)C)n1. The Hall–Kier alpha value is -0.840. The zero-order valence-corrected chi connectivity index (χ0v) is 12.1. The molecule has 0 saturated heterocycles. The molecule has 0 aliphatic heterocycles. The lowest BCUT2D eigenvalue weighted by Gasteiger charge is -2.10. The molecule has 1 saturated carbocycles. The average Bonchev–Trinajstić information content (AvgIpc) is 2.88. The van der Waals surface area contributed by atoms with Crippen LogP contribution in [0.25, 0.3) is 0 Å². The second-order valence-corrected chi connectivity index (χ2v) is 6.05. The zero-order valence-electron chi connectivity index (χ0n) is 10.5.